The van der Waals surface area contributed by atoms with Gasteiger partial charge in [0.1, 0.15) is 5.75 Å². The molecule has 0 aliphatic heterocycles. The Balaban J connectivity index is 2.32. The van der Waals surface area contributed by atoms with Gasteiger partial charge < -0.3 is 10.5 Å². The Labute approximate surface area is 110 Å². The van der Waals surface area contributed by atoms with Crippen molar-refractivity contribution in [2.45, 2.75) is 6.92 Å². The highest BCUT2D eigenvalue weighted by Gasteiger charge is 2.11. The number of nitrogens with zero attached hydrogens (tertiary/aromatic N) is 3. The van der Waals surface area contributed by atoms with Crippen LogP contribution in [0.2, 0.25) is 0 Å². The van der Waals surface area contributed by atoms with Crippen molar-refractivity contribution in [1.29, 1.82) is 0 Å². The Morgan fingerprint density at radius 2 is 2.05 bits per heavy atom. The van der Waals surface area contributed by atoms with Gasteiger partial charge >= 0.3 is 0 Å². The average molecular weight is 254 g/mol. The van der Waals surface area contributed by atoms with Crippen LogP contribution in [-0.2, 0) is 0 Å². The summed E-state index contributed by atoms with van der Waals surface area (Å²) in [6.45, 7) is 2.04. The molecule has 0 aliphatic carbocycles. The summed E-state index contributed by atoms with van der Waals surface area (Å²) in [6, 6.07) is 11.8. The fraction of sp³-hybridized carbons (Fsp3) is 0.143. The quantitative estimate of drug-likeness (QED) is 0.762. The number of pyridine rings is 1. The molecular formula is C14H14N4O. The van der Waals surface area contributed by atoms with Gasteiger partial charge in [-0.2, -0.15) is 4.98 Å². The first-order valence-electron chi connectivity index (χ1n) is 5.95. The summed E-state index contributed by atoms with van der Waals surface area (Å²) in [5, 5.41) is 4.22. The summed E-state index contributed by atoms with van der Waals surface area (Å²) in [5.74, 6) is 1.06. The lowest BCUT2D eigenvalue weighted by molar-refractivity contribution is 0.416. The van der Waals surface area contributed by atoms with E-state index in [0.717, 1.165) is 28.2 Å². The van der Waals surface area contributed by atoms with E-state index in [9.17, 15) is 0 Å². The Hall–Kier alpha value is -2.56. The number of methoxy groups -OCH3 is 1. The zero-order chi connectivity index (χ0) is 13.4. The predicted molar refractivity (Wildman–Crippen MR) is 74.1 cm³/mol. The summed E-state index contributed by atoms with van der Waals surface area (Å²) >= 11 is 0. The Kier molecular flexibility index (Phi) is 2.59. The van der Waals surface area contributed by atoms with E-state index < -0.39 is 0 Å². The molecule has 2 heterocycles. The number of nitrogens with two attached hydrogens (primary N) is 1. The maximum absolute atomic E-state index is 5.66. The number of aryl methyl sites for hydroxylation is 1. The molecule has 2 aromatic heterocycles. The molecule has 2 N–H and O–H groups in total. The first-order valence-corrected chi connectivity index (χ1v) is 5.95. The molecule has 96 valence electrons. The fourth-order valence-electron chi connectivity index (χ4n) is 2.15. The lowest BCUT2D eigenvalue weighted by Gasteiger charge is -2.10. The molecule has 0 saturated heterocycles. The van der Waals surface area contributed by atoms with E-state index in [-0.39, 0.29) is 5.95 Å². The molecule has 0 radical (unpaired) electrons. The van der Waals surface area contributed by atoms with Gasteiger partial charge in [-0.25, -0.2) is 4.52 Å². The first-order chi connectivity index (χ1) is 9.19. The van der Waals surface area contributed by atoms with Crippen molar-refractivity contribution in [3.63, 3.8) is 0 Å². The van der Waals surface area contributed by atoms with E-state index in [2.05, 4.69) is 16.1 Å². The van der Waals surface area contributed by atoms with Gasteiger partial charge in [0.05, 0.1) is 12.8 Å². The van der Waals surface area contributed by atoms with Gasteiger partial charge in [-0.05, 0) is 31.2 Å². The zero-order valence-corrected chi connectivity index (χ0v) is 10.8. The van der Waals surface area contributed by atoms with Crippen molar-refractivity contribution in [2.75, 3.05) is 12.8 Å². The average Bonchev–Trinajstić information content (AvgIpc) is 2.78. The molecule has 0 bridgehead atoms. The van der Waals surface area contributed by atoms with Crippen molar-refractivity contribution < 1.29 is 4.74 Å². The van der Waals surface area contributed by atoms with Gasteiger partial charge in [0.15, 0.2) is 5.65 Å². The highest BCUT2D eigenvalue weighted by Crippen LogP contribution is 2.30. The maximum Gasteiger partial charge on any atom is 0.240 e. The number of aromatic nitrogens is 3. The number of nitrogen functional groups attached to an aromatic ring is 1. The normalized spacial score (nSPS) is 10.8. The van der Waals surface area contributed by atoms with E-state index >= 15 is 0 Å². The Morgan fingerprint density at radius 3 is 2.84 bits per heavy atom. The molecule has 3 aromatic rings. The van der Waals surface area contributed by atoms with Gasteiger partial charge in [-0.1, -0.05) is 17.7 Å². The Bertz CT molecular complexity index is 748. The molecule has 5 nitrogen and oxygen atoms in total. The van der Waals surface area contributed by atoms with Gasteiger partial charge in [-0.3, -0.25) is 0 Å². The highest BCUT2D eigenvalue weighted by atomic mass is 16.5. The number of fused-ring (bicyclic) bond motifs is 1. The van der Waals surface area contributed by atoms with Gasteiger partial charge in [0.25, 0.3) is 0 Å². The van der Waals surface area contributed by atoms with Crippen LogP contribution in [-0.4, -0.2) is 21.7 Å². The molecule has 0 fully saturated rings. The van der Waals surface area contributed by atoms with Crippen molar-refractivity contribution in [1.82, 2.24) is 14.6 Å². The lowest BCUT2D eigenvalue weighted by atomic mass is 10.1. The summed E-state index contributed by atoms with van der Waals surface area (Å²) in [7, 11) is 1.66. The highest BCUT2D eigenvalue weighted by molar-refractivity contribution is 5.70. The predicted octanol–water partition coefficient (Wildman–Crippen LogP) is 2.30. The third-order valence-corrected chi connectivity index (χ3v) is 3.01. The molecule has 0 unspecified atom stereocenters. The third-order valence-electron chi connectivity index (χ3n) is 3.01. The first kappa shape index (κ1) is 11.5. The van der Waals surface area contributed by atoms with Crippen LogP contribution in [0.25, 0.3) is 16.9 Å². The van der Waals surface area contributed by atoms with E-state index in [1.807, 2.05) is 37.3 Å². The SMILES string of the molecule is COc1ccc(C)cc1-c1cccc2nc(N)nn12. The van der Waals surface area contributed by atoms with Gasteiger partial charge in [-0.15, -0.1) is 5.10 Å². The minimum Gasteiger partial charge on any atom is -0.496 e. The molecule has 1 aromatic carbocycles. The molecule has 0 amide bonds. The molecular weight excluding hydrogens is 240 g/mol. The summed E-state index contributed by atoms with van der Waals surface area (Å²) in [6.07, 6.45) is 0. The fourth-order valence-corrected chi connectivity index (χ4v) is 2.15. The number of hydrogen-bond donors (Lipinski definition) is 1. The van der Waals surface area contributed by atoms with E-state index in [0.29, 0.717) is 0 Å². The Morgan fingerprint density at radius 1 is 1.21 bits per heavy atom. The van der Waals surface area contributed by atoms with Gasteiger partial charge in [0, 0.05) is 5.56 Å². The zero-order valence-electron chi connectivity index (χ0n) is 10.8. The maximum atomic E-state index is 5.66. The number of hydrogen-bond acceptors (Lipinski definition) is 4. The van der Waals surface area contributed by atoms with Crippen LogP contribution in [0.3, 0.4) is 0 Å². The van der Waals surface area contributed by atoms with Crippen LogP contribution < -0.4 is 10.5 Å². The van der Waals surface area contributed by atoms with E-state index in [1.54, 1.807) is 11.6 Å². The van der Waals surface area contributed by atoms with Gasteiger partial charge in [0.2, 0.25) is 5.95 Å². The molecule has 0 spiro atoms. The monoisotopic (exact) mass is 254 g/mol. The summed E-state index contributed by atoms with van der Waals surface area (Å²) in [5.41, 5.74) is 9.41. The minimum absolute atomic E-state index is 0.263. The van der Waals surface area contributed by atoms with Crippen LogP contribution in [0.1, 0.15) is 5.56 Å². The molecule has 0 aliphatic rings. The van der Waals surface area contributed by atoms with Crippen LogP contribution >= 0.6 is 0 Å². The smallest absolute Gasteiger partial charge is 0.240 e. The molecule has 3 rings (SSSR count). The van der Waals surface area contributed by atoms with Crippen LogP contribution in [0.15, 0.2) is 36.4 Å². The number of rotatable bonds is 2. The van der Waals surface area contributed by atoms with Crippen molar-refractivity contribution in [3.05, 3.63) is 42.0 Å². The standard InChI is InChI=1S/C14H14N4O/c1-9-6-7-12(19-2)10(8-9)11-4-3-5-13-16-14(15)17-18(11)13/h3-8H,1-2H3,(H2,15,17). The molecule has 0 atom stereocenters. The second-order valence-corrected chi connectivity index (χ2v) is 4.35. The number of ether oxygens (including phenoxy) is 1. The molecule has 0 saturated carbocycles. The largest absolute Gasteiger partial charge is 0.496 e. The number of anilines is 1. The van der Waals surface area contributed by atoms with Crippen LogP contribution in [0.5, 0.6) is 5.75 Å². The van der Waals surface area contributed by atoms with E-state index in [1.165, 1.54) is 0 Å². The summed E-state index contributed by atoms with van der Waals surface area (Å²) < 4.78 is 7.15. The van der Waals surface area contributed by atoms with Crippen LogP contribution in [0, 0.1) is 6.92 Å². The van der Waals surface area contributed by atoms with Crippen molar-refractivity contribution in [2.24, 2.45) is 0 Å². The molecule has 5 heteroatoms. The number of benzene rings is 1. The minimum atomic E-state index is 0.263. The van der Waals surface area contributed by atoms with Crippen LogP contribution in [0.4, 0.5) is 5.95 Å². The van der Waals surface area contributed by atoms with Crippen molar-refractivity contribution >= 4 is 11.6 Å². The molecule has 19 heavy (non-hydrogen) atoms. The lowest BCUT2D eigenvalue weighted by Crippen LogP contribution is -1.97. The second kappa shape index (κ2) is 4.28. The summed E-state index contributed by atoms with van der Waals surface area (Å²) in [4.78, 5) is 4.17. The second-order valence-electron chi connectivity index (χ2n) is 4.35. The van der Waals surface area contributed by atoms with E-state index in [4.69, 9.17) is 10.5 Å². The topological polar surface area (TPSA) is 65.4 Å². The third kappa shape index (κ3) is 1.89. The van der Waals surface area contributed by atoms with Crippen molar-refractivity contribution in [3.8, 4) is 17.0 Å².